The third kappa shape index (κ3) is 4.31. The quantitative estimate of drug-likeness (QED) is 0.591. The Morgan fingerprint density at radius 3 is 2.54 bits per heavy atom. The number of aryl methyl sites for hydroxylation is 1. The number of rotatable bonds is 6. The lowest BCUT2D eigenvalue weighted by Crippen LogP contribution is -2.21. The van der Waals surface area contributed by atoms with Gasteiger partial charge in [0.25, 0.3) is 0 Å². The number of benzene rings is 2. The molecule has 3 aromatic rings. The average molecular weight is 369 g/mol. The van der Waals surface area contributed by atoms with Crippen LogP contribution in [0.3, 0.4) is 0 Å². The van der Waals surface area contributed by atoms with Crippen LogP contribution in [0.2, 0.25) is 5.02 Å². The molecule has 0 aliphatic carbocycles. The van der Waals surface area contributed by atoms with E-state index in [1.807, 2.05) is 68.4 Å². The van der Waals surface area contributed by atoms with Crippen LogP contribution >= 0.6 is 11.6 Å². The van der Waals surface area contributed by atoms with E-state index < -0.39 is 0 Å². The smallest absolute Gasteiger partial charge is 0.225 e. The van der Waals surface area contributed by atoms with Gasteiger partial charge in [-0.05, 0) is 25.5 Å². The van der Waals surface area contributed by atoms with Gasteiger partial charge in [-0.25, -0.2) is 4.98 Å². The zero-order chi connectivity index (χ0) is 18.5. The van der Waals surface area contributed by atoms with E-state index in [2.05, 4.69) is 20.6 Å². The van der Waals surface area contributed by atoms with Gasteiger partial charge in [-0.2, -0.15) is 4.98 Å². The molecule has 1 heterocycles. The van der Waals surface area contributed by atoms with Crippen molar-refractivity contribution in [1.82, 2.24) is 9.97 Å². The minimum absolute atomic E-state index is 0.00862. The van der Waals surface area contributed by atoms with Gasteiger partial charge in [0.2, 0.25) is 5.95 Å². The Morgan fingerprint density at radius 2 is 1.85 bits per heavy atom. The van der Waals surface area contributed by atoms with Gasteiger partial charge in [-0.3, -0.25) is 0 Å². The molecule has 26 heavy (non-hydrogen) atoms. The van der Waals surface area contributed by atoms with Crippen LogP contribution in [-0.4, -0.2) is 27.7 Å². The number of hydrogen-bond donors (Lipinski definition) is 3. The summed E-state index contributed by atoms with van der Waals surface area (Å²) in [6, 6.07) is 17.3. The van der Waals surface area contributed by atoms with E-state index >= 15 is 0 Å². The van der Waals surface area contributed by atoms with E-state index in [-0.39, 0.29) is 12.6 Å². The van der Waals surface area contributed by atoms with Gasteiger partial charge < -0.3 is 15.7 Å². The maximum absolute atomic E-state index is 9.31. The SMILES string of the molecule is Cc1cccc(Cl)c1Nc1cc(-c2ccccc2)nc(N[C@@H](C)CO)n1. The first-order chi connectivity index (χ1) is 12.6. The van der Waals surface area contributed by atoms with E-state index in [1.165, 1.54) is 0 Å². The Hall–Kier alpha value is -2.63. The average Bonchev–Trinajstić information content (AvgIpc) is 2.65. The molecule has 1 atom stereocenters. The van der Waals surface area contributed by atoms with Crippen LogP contribution in [0, 0.1) is 6.92 Å². The number of nitrogens with one attached hydrogen (secondary N) is 2. The summed E-state index contributed by atoms with van der Waals surface area (Å²) in [5.41, 5.74) is 3.60. The van der Waals surface area contributed by atoms with Crippen molar-refractivity contribution in [2.45, 2.75) is 19.9 Å². The molecular formula is C20H21ClN4O. The van der Waals surface area contributed by atoms with E-state index in [1.54, 1.807) is 0 Å². The lowest BCUT2D eigenvalue weighted by molar-refractivity contribution is 0.281. The number of aliphatic hydroxyl groups excluding tert-OH is 1. The zero-order valence-corrected chi connectivity index (χ0v) is 15.5. The monoisotopic (exact) mass is 368 g/mol. The van der Waals surface area contributed by atoms with Crippen molar-refractivity contribution in [2.75, 3.05) is 17.2 Å². The van der Waals surface area contributed by atoms with E-state index in [4.69, 9.17) is 11.6 Å². The molecule has 0 aliphatic rings. The van der Waals surface area contributed by atoms with Gasteiger partial charge in [0.15, 0.2) is 0 Å². The Bertz CT molecular complexity index is 866. The van der Waals surface area contributed by atoms with Crippen molar-refractivity contribution in [3.8, 4) is 11.3 Å². The fourth-order valence-corrected chi connectivity index (χ4v) is 2.79. The topological polar surface area (TPSA) is 70.1 Å². The van der Waals surface area contributed by atoms with Crippen molar-refractivity contribution < 1.29 is 5.11 Å². The maximum atomic E-state index is 9.31. The number of nitrogens with zero attached hydrogens (tertiary/aromatic N) is 2. The molecule has 5 nitrogen and oxygen atoms in total. The summed E-state index contributed by atoms with van der Waals surface area (Å²) >= 11 is 6.33. The third-order valence-electron chi connectivity index (χ3n) is 3.92. The van der Waals surface area contributed by atoms with Gasteiger partial charge >= 0.3 is 0 Å². The van der Waals surface area contributed by atoms with Crippen LogP contribution in [0.15, 0.2) is 54.6 Å². The van der Waals surface area contributed by atoms with Crippen LogP contribution in [0.1, 0.15) is 12.5 Å². The van der Waals surface area contributed by atoms with Crippen molar-refractivity contribution in [2.24, 2.45) is 0 Å². The van der Waals surface area contributed by atoms with Crippen molar-refractivity contribution in [3.05, 3.63) is 65.2 Å². The molecule has 0 radical (unpaired) electrons. The molecule has 3 rings (SSSR count). The first-order valence-electron chi connectivity index (χ1n) is 8.41. The number of para-hydroxylation sites is 1. The Labute approximate surface area is 158 Å². The first kappa shape index (κ1) is 18.2. The van der Waals surface area contributed by atoms with Crippen LogP contribution in [0.4, 0.5) is 17.5 Å². The molecule has 0 bridgehead atoms. The third-order valence-corrected chi connectivity index (χ3v) is 4.24. The van der Waals surface area contributed by atoms with Crippen molar-refractivity contribution in [1.29, 1.82) is 0 Å². The summed E-state index contributed by atoms with van der Waals surface area (Å²) in [4.78, 5) is 9.09. The molecule has 0 unspecified atom stereocenters. The number of aliphatic hydroxyl groups is 1. The molecule has 0 saturated carbocycles. The molecule has 1 aromatic heterocycles. The van der Waals surface area contributed by atoms with Crippen LogP contribution in [-0.2, 0) is 0 Å². The molecule has 3 N–H and O–H groups in total. The van der Waals surface area contributed by atoms with Crippen molar-refractivity contribution >= 4 is 29.1 Å². The lowest BCUT2D eigenvalue weighted by atomic mass is 10.1. The first-order valence-corrected chi connectivity index (χ1v) is 8.78. The van der Waals surface area contributed by atoms with Gasteiger partial charge in [0, 0.05) is 17.7 Å². The highest BCUT2D eigenvalue weighted by atomic mass is 35.5. The van der Waals surface area contributed by atoms with Gasteiger partial charge in [-0.1, -0.05) is 54.1 Å². The maximum Gasteiger partial charge on any atom is 0.225 e. The van der Waals surface area contributed by atoms with Crippen molar-refractivity contribution in [3.63, 3.8) is 0 Å². The summed E-state index contributed by atoms with van der Waals surface area (Å²) in [6.07, 6.45) is 0. The molecule has 134 valence electrons. The van der Waals surface area contributed by atoms with Crippen LogP contribution < -0.4 is 10.6 Å². The standard InChI is InChI=1S/C20H21ClN4O/c1-13-7-6-10-16(21)19(13)24-18-11-17(15-8-4-3-5-9-15)23-20(25-18)22-14(2)12-26/h3-11,14,26H,12H2,1-2H3,(H2,22,23,24,25)/t14-/m0/s1. The molecule has 0 fully saturated rings. The lowest BCUT2D eigenvalue weighted by Gasteiger charge is -2.15. The molecule has 0 spiro atoms. The highest BCUT2D eigenvalue weighted by Crippen LogP contribution is 2.30. The fourth-order valence-electron chi connectivity index (χ4n) is 2.52. The minimum Gasteiger partial charge on any atom is -0.394 e. The fraction of sp³-hybridized carbons (Fsp3) is 0.200. The van der Waals surface area contributed by atoms with E-state index in [0.717, 1.165) is 22.5 Å². The summed E-state index contributed by atoms with van der Waals surface area (Å²) < 4.78 is 0. The Kier molecular flexibility index (Phi) is 5.71. The molecule has 0 saturated heterocycles. The minimum atomic E-state index is -0.157. The van der Waals surface area contributed by atoms with Crippen LogP contribution in [0.25, 0.3) is 11.3 Å². The van der Waals surface area contributed by atoms with Gasteiger partial charge in [-0.15, -0.1) is 0 Å². The zero-order valence-electron chi connectivity index (χ0n) is 14.7. The highest BCUT2D eigenvalue weighted by Gasteiger charge is 2.11. The van der Waals surface area contributed by atoms with Crippen LogP contribution in [0.5, 0.6) is 0 Å². The second-order valence-corrected chi connectivity index (χ2v) is 6.52. The number of anilines is 3. The second-order valence-electron chi connectivity index (χ2n) is 6.11. The molecule has 0 aliphatic heterocycles. The molecule has 2 aromatic carbocycles. The normalized spacial score (nSPS) is 11.8. The molecule has 0 amide bonds. The summed E-state index contributed by atoms with van der Waals surface area (Å²) in [7, 11) is 0. The molecule has 6 heteroatoms. The second kappa shape index (κ2) is 8.17. The summed E-state index contributed by atoms with van der Waals surface area (Å²) in [6.45, 7) is 3.84. The Balaban J connectivity index is 2.02. The predicted octanol–water partition coefficient (Wildman–Crippen LogP) is 4.64. The van der Waals surface area contributed by atoms with Gasteiger partial charge in [0.05, 0.1) is 23.0 Å². The number of aromatic nitrogens is 2. The summed E-state index contributed by atoms with van der Waals surface area (Å²) in [5.74, 6) is 1.07. The van der Waals surface area contributed by atoms with E-state index in [0.29, 0.717) is 16.8 Å². The summed E-state index contributed by atoms with van der Waals surface area (Å²) in [5, 5.41) is 16.3. The number of halogens is 1. The highest BCUT2D eigenvalue weighted by molar-refractivity contribution is 6.33. The van der Waals surface area contributed by atoms with E-state index in [9.17, 15) is 5.11 Å². The number of hydrogen-bond acceptors (Lipinski definition) is 5. The molecular weight excluding hydrogens is 348 g/mol. The Morgan fingerprint density at radius 1 is 1.08 bits per heavy atom. The largest absolute Gasteiger partial charge is 0.394 e. The predicted molar refractivity (Wildman–Crippen MR) is 107 cm³/mol. The van der Waals surface area contributed by atoms with Gasteiger partial charge in [0.1, 0.15) is 5.82 Å².